The van der Waals surface area contributed by atoms with E-state index in [4.69, 9.17) is 9.47 Å². The Morgan fingerprint density at radius 3 is 2.67 bits per heavy atom. The van der Waals surface area contributed by atoms with Gasteiger partial charge in [-0.1, -0.05) is 18.2 Å². The van der Waals surface area contributed by atoms with Gasteiger partial charge in [-0.15, -0.1) is 11.3 Å². The summed E-state index contributed by atoms with van der Waals surface area (Å²) < 4.78 is 42.2. The average Bonchev–Trinajstić information content (AvgIpc) is 3.22. The van der Waals surface area contributed by atoms with Gasteiger partial charge in [0.1, 0.15) is 11.5 Å². The largest absolute Gasteiger partial charge is 0.514 e. The SMILES string of the molecule is COC(=O)Oc1sccc1S(=O)(=O)N1CCC(N2C(=O)OCc3ccccc32)CC1. The highest BCUT2D eigenvalue weighted by Gasteiger charge is 2.38. The number of fused-ring (bicyclic) bond motifs is 1. The van der Waals surface area contributed by atoms with Gasteiger partial charge in [-0.25, -0.2) is 18.0 Å². The summed E-state index contributed by atoms with van der Waals surface area (Å²) in [5.74, 6) is 0. The van der Waals surface area contributed by atoms with E-state index in [9.17, 15) is 18.0 Å². The first-order valence-corrected chi connectivity index (χ1v) is 11.6. The highest BCUT2D eigenvalue weighted by molar-refractivity contribution is 7.89. The smallest absolute Gasteiger partial charge is 0.444 e. The lowest BCUT2D eigenvalue weighted by Gasteiger charge is -2.39. The van der Waals surface area contributed by atoms with E-state index >= 15 is 0 Å². The highest BCUT2D eigenvalue weighted by atomic mass is 32.2. The highest BCUT2D eigenvalue weighted by Crippen LogP contribution is 2.36. The maximum atomic E-state index is 13.1. The van der Waals surface area contributed by atoms with Crippen LogP contribution in [-0.4, -0.2) is 51.2 Å². The van der Waals surface area contributed by atoms with E-state index < -0.39 is 22.3 Å². The van der Waals surface area contributed by atoms with E-state index in [0.717, 1.165) is 29.7 Å². The second kappa shape index (κ2) is 8.25. The topological polar surface area (TPSA) is 102 Å². The van der Waals surface area contributed by atoms with Crippen molar-refractivity contribution in [3.05, 3.63) is 41.3 Å². The van der Waals surface area contributed by atoms with Gasteiger partial charge in [0, 0.05) is 24.7 Å². The molecule has 11 heteroatoms. The van der Waals surface area contributed by atoms with Crippen LogP contribution < -0.4 is 9.64 Å². The standard InChI is InChI=1S/C19H20N2O7S2/c1-26-19(23)28-17-16(8-11-29-17)30(24,25)20-9-6-14(7-10-20)21-15-5-3-2-4-13(15)12-27-18(21)22/h2-5,8,11,14H,6-7,9-10,12H2,1H3. The molecule has 0 radical (unpaired) electrons. The van der Waals surface area contributed by atoms with Crippen molar-refractivity contribution in [2.75, 3.05) is 25.1 Å². The van der Waals surface area contributed by atoms with E-state index in [1.54, 1.807) is 10.3 Å². The zero-order valence-corrected chi connectivity index (χ0v) is 17.8. The van der Waals surface area contributed by atoms with Crippen molar-refractivity contribution in [2.45, 2.75) is 30.4 Å². The number of hydrogen-bond acceptors (Lipinski definition) is 8. The molecule has 1 saturated heterocycles. The van der Waals surface area contributed by atoms with Gasteiger partial charge in [-0.05, 0) is 30.4 Å². The molecular formula is C19H20N2O7S2. The molecule has 0 bridgehead atoms. The number of rotatable bonds is 4. The number of hydrogen-bond donors (Lipinski definition) is 0. The number of anilines is 1. The van der Waals surface area contributed by atoms with E-state index in [-0.39, 0.29) is 35.7 Å². The Bertz CT molecular complexity index is 1060. The number of cyclic esters (lactones) is 1. The van der Waals surface area contributed by atoms with Crippen LogP contribution in [0.4, 0.5) is 15.3 Å². The van der Waals surface area contributed by atoms with Gasteiger partial charge in [0.2, 0.25) is 15.1 Å². The van der Waals surface area contributed by atoms with Gasteiger partial charge in [0.25, 0.3) is 0 Å². The Kier molecular flexibility index (Phi) is 5.67. The quantitative estimate of drug-likeness (QED) is 0.657. The number of para-hydroxylation sites is 1. The molecule has 3 heterocycles. The van der Waals surface area contributed by atoms with Crippen molar-refractivity contribution in [2.24, 2.45) is 0 Å². The Morgan fingerprint density at radius 1 is 1.20 bits per heavy atom. The molecule has 0 N–H and O–H groups in total. The number of ether oxygens (including phenoxy) is 3. The summed E-state index contributed by atoms with van der Waals surface area (Å²) in [6.07, 6.45) is -0.475. The number of benzene rings is 1. The molecule has 160 valence electrons. The Balaban J connectivity index is 1.50. The Hall–Kier alpha value is -2.63. The molecule has 1 aromatic heterocycles. The minimum absolute atomic E-state index is 0.0301. The molecule has 1 aromatic carbocycles. The number of thiophene rings is 1. The molecule has 1 fully saturated rings. The van der Waals surface area contributed by atoms with Crippen molar-refractivity contribution in [1.29, 1.82) is 0 Å². The molecule has 2 aliphatic rings. The molecule has 0 aliphatic carbocycles. The third kappa shape index (κ3) is 3.75. The molecule has 0 atom stereocenters. The predicted molar refractivity (Wildman–Crippen MR) is 108 cm³/mol. The van der Waals surface area contributed by atoms with Gasteiger partial charge >= 0.3 is 12.2 Å². The summed E-state index contributed by atoms with van der Waals surface area (Å²) in [5, 5.41) is 1.51. The average molecular weight is 453 g/mol. The second-order valence-electron chi connectivity index (χ2n) is 6.82. The van der Waals surface area contributed by atoms with Crippen LogP contribution in [0, 0.1) is 0 Å². The number of carbonyl (C=O) groups excluding carboxylic acids is 2. The second-order valence-corrected chi connectivity index (χ2v) is 9.60. The van der Waals surface area contributed by atoms with Crippen molar-refractivity contribution in [3.8, 4) is 5.06 Å². The van der Waals surface area contributed by atoms with Crippen LogP contribution in [0.5, 0.6) is 5.06 Å². The van der Waals surface area contributed by atoms with Gasteiger partial charge in [-0.3, -0.25) is 4.90 Å². The Labute approximate surface area is 177 Å². The van der Waals surface area contributed by atoms with E-state index in [1.165, 1.54) is 10.4 Å². The number of piperidine rings is 1. The molecule has 0 saturated carbocycles. The summed E-state index contributed by atoms with van der Waals surface area (Å²) in [6.45, 7) is 0.693. The first-order valence-electron chi connectivity index (χ1n) is 9.29. The van der Waals surface area contributed by atoms with Crippen LogP contribution in [0.3, 0.4) is 0 Å². The Morgan fingerprint density at radius 2 is 1.93 bits per heavy atom. The molecule has 0 unspecified atom stereocenters. The normalized spacial score (nSPS) is 17.9. The predicted octanol–water partition coefficient (Wildman–Crippen LogP) is 3.20. The lowest BCUT2D eigenvalue weighted by Crippen LogP contribution is -2.50. The molecule has 30 heavy (non-hydrogen) atoms. The zero-order chi connectivity index (χ0) is 21.3. The third-order valence-corrected chi connectivity index (χ3v) is 7.98. The molecule has 2 aliphatic heterocycles. The van der Waals surface area contributed by atoms with Crippen molar-refractivity contribution < 1.29 is 32.2 Å². The number of carbonyl (C=O) groups is 2. The fourth-order valence-corrected chi connectivity index (χ4v) is 6.30. The summed E-state index contributed by atoms with van der Waals surface area (Å²) in [5.41, 5.74) is 1.73. The minimum Gasteiger partial charge on any atom is -0.444 e. The van der Waals surface area contributed by atoms with Gasteiger partial charge in [-0.2, -0.15) is 4.31 Å². The fraction of sp³-hybridized carbons (Fsp3) is 0.368. The summed E-state index contributed by atoms with van der Waals surface area (Å²) in [6, 6.07) is 8.78. The first-order chi connectivity index (χ1) is 14.4. The molecule has 0 spiro atoms. The zero-order valence-electron chi connectivity index (χ0n) is 16.1. The van der Waals surface area contributed by atoms with Crippen LogP contribution in [0.25, 0.3) is 0 Å². The maximum Gasteiger partial charge on any atom is 0.514 e. The number of amides is 1. The third-order valence-electron chi connectivity index (χ3n) is 5.14. The first kappa shape index (κ1) is 20.6. The lowest BCUT2D eigenvalue weighted by atomic mass is 10.0. The van der Waals surface area contributed by atoms with Crippen LogP contribution in [0.15, 0.2) is 40.6 Å². The van der Waals surface area contributed by atoms with Crippen molar-refractivity contribution in [1.82, 2.24) is 4.31 Å². The molecule has 9 nitrogen and oxygen atoms in total. The number of methoxy groups -OCH3 is 1. The maximum absolute atomic E-state index is 13.1. The van der Waals surface area contributed by atoms with Crippen molar-refractivity contribution in [3.63, 3.8) is 0 Å². The van der Waals surface area contributed by atoms with Crippen LogP contribution in [0.1, 0.15) is 18.4 Å². The van der Waals surface area contributed by atoms with Crippen LogP contribution in [0.2, 0.25) is 0 Å². The molecule has 4 rings (SSSR count). The van der Waals surface area contributed by atoms with Crippen LogP contribution in [-0.2, 0) is 26.1 Å². The van der Waals surface area contributed by atoms with E-state index in [1.807, 2.05) is 24.3 Å². The summed E-state index contributed by atoms with van der Waals surface area (Å²) in [4.78, 5) is 25.4. The summed E-state index contributed by atoms with van der Waals surface area (Å²) in [7, 11) is -2.70. The molecule has 1 amide bonds. The van der Waals surface area contributed by atoms with Gasteiger partial charge in [0.15, 0.2) is 0 Å². The number of sulfonamides is 1. The number of nitrogens with zero attached hydrogens (tertiary/aromatic N) is 2. The minimum atomic E-state index is -3.86. The fourth-order valence-electron chi connectivity index (χ4n) is 3.67. The molecular weight excluding hydrogens is 432 g/mol. The summed E-state index contributed by atoms with van der Waals surface area (Å²) >= 11 is 1.00. The molecule has 2 aromatic rings. The van der Waals surface area contributed by atoms with E-state index in [2.05, 4.69) is 4.74 Å². The van der Waals surface area contributed by atoms with E-state index in [0.29, 0.717) is 12.8 Å². The monoisotopic (exact) mass is 452 g/mol. The van der Waals surface area contributed by atoms with Gasteiger partial charge < -0.3 is 14.2 Å². The van der Waals surface area contributed by atoms with Crippen molar-refractivity contribution >= 4 is 39.3 Å². The van der Waals surface area contributed by atoms with Gasteiger partial charge in [0.05, 0.1) is 12.8 Å². The van der Waals surface area contributed by atoms with Crippen LogP contribution >= 0.6 is 11.3 Å². The lowest BCUT2D eigenvalue weighted by molar-refractivity contribution is 0.122.